The highest BCUT2D eigenvalue weighted by molar-refractivity contribution is 5.48. The predicted octanol–water partition coefficient (Wildman–Crippen LogP) is 2.78. The molecule has 0 aromatic heterocycles. The Kier molecular flexibility index (Phi) is 4.88. The van der Waals surface area contributed by atoms with Crippen LogP contribution in [0.1, 0.15) is 17.2 Å². The molecule has 0 aliphatic rings. The standard InChI is InChI=1S/C16H19F2N3/c1-21(2)13-7-3-5-11(9-13)15(20-19)10-12-6-4-8-14(17)16(12)18/h3-9,15,20H,10,19H2,1-2H3. The highest BCUT2D eigenvalue weighted by atomic mass is 19.2. The quantitative estimate of drug-likeness (QED) is 0.657. The third-order valence-corrected chi connectivity index (χ3v) is 3.45. The summed E-state index contributed by atoms with van der Waals surface area (Å²) in [4.78, 5) is 1.97. The number of hydrazine groups is 1. The molecule has 3 nitrogen and oxygen atoms in total. The van der Waals surface area contributed by atoms with E-state index in [2.05, 4.69) is 5.43 Å². The van der Waals surface area contributed by atoms with Gasteiger partial charge >= 0.3 is 0 Å². The Labute approximate surface area is 123 Å². The molecule has 0 aliphatic heterocycles. The molecule has 0 radical (unpaired) electrons. The number of anilines is 1. The highest BCUT2D eigenvalue weighted by Crippen LogP contribution is 2.23. The minimum absolute atomic E-state index is 0.275. The van der Waals surface area contributed by atoms with Gasteiger partial charge in [0.25, 0.3) is 0 Å². The molecule has 112 valence electrons. The third kappa shape index (κ3) is 3.56. The first-order valence-electron chi connectivity index (χ1n) is 6.69. The van der Waals surface area contributed by atoms with Gasteiger partial charge in [0.05, 0.1) is 6.04 Å². The molecule has 0 saturated heterocycles. The van der Waals surface area contributed by atoms with Gasteiger partial charge < -0.3 is 4.90 Å². The minimum atomic E-state index is -0.842. The van der Waals surface area contributed by atoms with E-state index in [1.165, 1.54) is 6.07 Å². The molecule has 2 aromatic rings. The van der Waals surface area contributed by atoms with E-state index in [9.17, 15) is 8.78 Å². The van der Waals surface area contributed by atoms with Crippen LogP contribution >= 0.6 is 0 Å². The van der Waals surface area contributed by atoms with Crippen LogP contribution in [0.3, 0.4) is 0 Å². The van der Waals surface area contributed by atoms with Crippen LogP contribution < -0.4 is 16.2 Å². The predicted molar refractivity (Wildman–Crippen MR) is 80.9 cm³/mol. The van der Waals surface area contributed by atoms with Crippen molar-refractivity contribution in [3.8, 4) is 0 Å². The summed E-state index contributed by atoms with van der Waals surface area (Å²) >= 11 is 0. The van der Waals surface area contributed by atoms with Crippen LogP contribution in [-0.4, -0.2) is 14.1 Å². The van der Waals surface area contributed by atoms with Crippen LogP contribution in [0.25, 0.3) is 0 Å². The summed E-state index contributed by atoms with van der Waals surface area (Å²) < 4.78 is 27.0. The lowest BCUT2D eigenvalue weighted by Crippen LogP contribution is -2.30. The lowest BCUT2D eigenvalue weighted by atomic mass is 9.98. The van der Waals surface area contributed by atoms with E-state index in [0.29, 0.717) is 5.56 Å². The Balaban J connectivity index is 2.28. The van der Waals surface area contributed by atoms with Crippen LogP contribution in [0.2, 0.25) is 0 Å². The van der Waals surface area contributed by atoms with Crippen molar-refractivity contribution < 1.29 is 8.78 Å². The van der Waals surface area contributed by atoms with Gasteiger partial charge in [-0.25, -0.2) is 8.78 Å². The monoisotopic (exact) mass is 291 g/mol. The molecule has 2 aromatic carbocycles. The number of nitrogens with two attached hydrogens (primary N) is 1. The van der Waals surface area contributed by atoms with Crippen molar-refractivity contribution in [3.63, 3.8) is 0 Å². The first-order valence-corrected chi connectivity index (χ1v) is 6.69. The highest BCUT2D eigenvalue weighted by Gasteiger charge is 2.15. The van der Waals surface area contributed by atoms with Crippen molar-refractivity contribution >= 4 is 5.69 Å². The molecular formula is C16H19F2N3. The summed E-state index contributed by atoms with van der Waals surface area (Å²) in [5.74, 6) is 3.93. The van der Waals surface area contributed by atoms with Gasteiger partial charge in [0, 0.05) is 19.8 Å². The summed E-state index contributed by atoms with van der Waals surface area (Å²) in [5, 5.41) is 0. The van der Waals surface area contributed by atoms with Crippen LogP contribution in [0, 0.1) is 11.6 Å². The Morgan fingerprint density at radius 2 is 1.86 bits per heavy atom. The summed E-state index contributed by atoms with van der Waals surface area (Å²) in [6.45, 7) is 0. The van der Waals surface area contributed by atoms with Gasteiger partial charge in [-0.05, 0) is 35.7 Å². The molecule has 0 saturated carbocycles. The van der Waals surface area contributed by atoms with Crippen LogP contribution in [0.5, 0.6) is 0 Å². The Hall–Kier alpha value is -1.98. The maximum absolute atomic E-state index is 13.8. The number of halogens is 2. The van der Waals surface area contributed by atoms with Crippen LogP contribution in [0.4, 0.5) is 14.5 Å². The van der Waals surface area contributed by atoms with Crippen molar-refractivity contribution in [2.75, 3.05) is 19.0 Å². The van der Waals surface area contributed by atoms with E-state index in [0.717, 1.165) is 17.3 Å². The van der Waals surface area contributed by atoms with Gasteiger partial charge in [0.15, 0.2) is 11.6 Å². The molecule has 2 rings (SSSR count). The van der Waals surface area contributed by atoms with E-state index in [1.54, 1.807) is 6.07 Å². The van der Waals surface area contributed by atoms with Gasteiger partial charge in [-0.1, -0.05) is 24.3 Å². The normalized spacial score (nSPS) is 12.2. The van der Waals surface area contributed by atoms with Gasteiger partial charge in [0.2, 0.25) is 0 Å². The third-order valence-electron chi connectivity index (χ3n) is 3.45. The molecule has 1 unspecified atom stereocenters. The number of hydrogen-bond acceptors (Lipinski definition) is 3. The van der Waals surface area contributed by atoms with Gasteiger partial charge in [0.1, 0.15) is 0 Å². The maximum Gasteiger partial charge on any atom is 0.162 e. The number of rotatable bonds is 5. The summed E-state index contributed by atoms with van der Waals surface area (Å²) in [6.07, 6.45) is 0.275. The van der Waals surface area contributed by atoms with Crippen molar-refractivity contribution in [2.24, 2.45) is 5.84 Å². The molecule has 0 heterocycles. The fraction of sp³-hybridized carbons (Fsp3) is 0.250. The van der Waals surface area contributed by atoms with E-state index < -0.39 is 11.6 Å². The topological polar surface area (TPSA) is 41.3 Å². The zero-order chi connectivity index (χ0) is 15.4. The molecule has 3 N–H and O–H groups in total. The fourth-order valence-electron chi connectivity index (χ4n) is 2.22. The van der Waals surface area contributed by atoms with Gasteiger partial charge in [-0.3, -0.25) is 11.3 Å². The molecule has 0 fully saturated rings. The lowest BCUT2D eigenvalue weighted by Gasteiger charge is -2.20. The minimum Gasteiger partial charge on any atom is -0.378 e. The number of benzene rings is 2. The molecule has 5 heteroatoms. The number of nitrogens with zero attached hydrogens (tertiary/aromatic N) is 1. The van der Waals surface area contributed by atoms with Gasteiger partial charge in [-0.2, -0.15) is 0 Å². The van der Waals surface area contributed by atoms with Crippen molar-refractivity contribution in [3.05, 3.63) is 65.2 Å². The Bertz CT molecular complexity index is 614. The first kappa shape index (κ1) is 15.4. The molecule has 1 atom stereocenters. The first-order chi connectivity index (χ1) is 10.0. The largest absolute Gasteiger partial charge is 0.378 e. The van der Waals surface area contributed by atoms with Crippen molar-refractivity contribution in [2.45, 2.75) is 12.5 Å². The number of hydrogen-bond donors (Lipinski definition) is 2. The molecule has 0 amide bonds. The molecule has 0 aliphatic carbocycles. The molecule has 0 spiro atoms. The average Bonchev–Trinajstić information content (AvgIpc) is 2.49. The van der Waals surface area contributed by atoms with E-state index in [4.69, 9.17) is 5.84 Å². The van der Waals surface area contributed by atoms with Crippen LogP contribution in [-0.2, 0) is 6.42 Å². The SMILES string of the molecule is CN(C)c1cccc(C(Cc2cccc(F)c2F)NN)c1. The summed E-state index contributed by atoms with van der Waals surface area (Å²) in [5.41, 5.74) is 4.92. The lowest BCUT2D eigenvalue weighted by molar-refractivity contribution is 0.481. The van der Waals surface area contributed by atoms with Gasteiger partial charge in [-0.15, -0.1) is 0 Å². The summed E-state index contributed by atoms with van der Waals surface area (Å²) in [7, 11) is 3.88. The second kappa shape index (κ2) is 6.65. The fourth-order valence-corrected chi connectivity index (χ4v) is 2.22. The van der Waals surface area contributed by atoms with Crippen molar-refractivity contribution in [1.29, 1.82) is 0 Å². The zero-order valence-corrected chi connectivity index (χ0v) is 12.1. The van der Waals surface area contributed by atoms with E-state index in [-0.39, 0.29) is 12.5 Å². The molecular weight excluding hydrogens is 272 g/mol. The summed E-state index contributed by atoms with van der Waals surface area (Å²) in [6, 6.07) is 11.7. The second-order valence-electron chi connectivity index (χ2n) is 5.13. The molecule has 0 bridgehead atoms. The van der Waals surface area contributed by atoms with E-state index >= 15 is 0 Å². The average molecular weight is 291 g/mol. The van der Waals surface area contributed by atoms with Crippen LogP contribution in [0.15, 0.2) is 42.5 Å². The van der Waals surface area contributed by atoms with Crippen molar-refractivity contribution in [1.82, 2.24) is 5.43 Å². The van der Waals surface area contributed by atoms with E-state index in [1.807, 2.05) is 43.3 Å². The smallest absolute Gasteiger partial charge is 0.162 e. The maximum atomic E-state index is 13.8. The Morgan fingerprint density at radius 3 is 2.52 bits per heavy atom. The zero-order valence-electron chi connectivity index (χ0n) is 12.1. The number of nitrogens with one attached hydrogen (secondary N) is 1. The Morgan fingerprint density at radius 1 is 1.14 bits per heavy atom. The second-order valence-corrected chi connectivity index (χ2v) is 5.13. The molecule has 21 heavy (non-hydrogen) atoms.